The maximum absolute atomic E-state index is 12.5. The van der Waals surface area contributed by atoms with Gasteiger partial charge in [0.2, 0.25) is 0 Å². The highest BCUT2D eigenvalue weighted by atomic mass is 32.1. The van der Waals surface area contributed by atoms with Crippen LogP contribution in [0.1, 0.15) is 16.1 Å². The van der Waals surface area contributed by atoms with Crippen LogP contribution in [0.3, 0.4) is 0 Å². The van der Waals surface area contributed by atoms with Crippen molar-refractivity contribution >= 4 is 23.1 Å². The van der Waals surface area contributed by atoms with E-state index in [4.69, 9.17) is 0 Å². The molecule has 0 unspecified atom stereocenters. The quantitative estimate of drug-likeness (QED) is 0.782. The van der Waals surface area contributed by atoms with Crippen LogP contribution in [0.15, 0.2) is 48.1 Å². The van der Waals surface area contributed by atoms with E-state index in [9.17, 15) is 4.79 Å². The molecule has 4 rings (SSSR count). The summed E-state index contributed by atoms with van der Waals surface area (Å²) in [7, 11) is 0. The molecule has 2 amide bonds. The van der Waals surface area contributed by atoms with Crippen molar-refractivity contribution in [2.75, 3.05) is 11.4 Å². The van der Waals surface area contributed by atoms with Crippen LogP contribution in [0.4, 0.5) is 10.5 Å². The summed E-state index contributed by atoms with van der Waals surface area (Å²) in [6.07, 6.45) is 4.36. The highest BCUT2D eigenvalue weighted by molar-refractivity contribution is 7.09. The summed E-state index contributed by atoms with van der Waals surface area (Å²) in [4.78, 5) is 22.9. The van der Waals surface area contributed by atoms with Crippen molar-refractivity contribution in [3.8, 4) is 11.3 Å². The first kappa shape index (κ1) is 15.8. The Bertz CT molecular complexity index is 907. The smallest absolute Gasteiger partial charge is 0.322 e. The van der Waals surface area contributed by atoms with Crippen molar-refractivity contribution in [3.63, 3.8) is 0 Å². The highest BCUT2D eigenvalue weighted by Gasteiger charge is 2.25. The van der Waals surface area contributed by atoms with Gasteiger partial charge >= 0.3 is 6.03 Å². The lowest BCUT2D eigenvalue weighted by atomic mass is 10.1. The minimum absolute atomic E-state index is 0.0696. The van der Waals surface area contributed by atoms with Crippen molar-refractivity contribution in [2.45, 2.75) is 19.9 Å². The van der Waals surface area contributed by atoms with Gasteiger partial charge in [0.1, 0.15) is 0 Å². The number of rotatable bonds is 3. The number of thiazole rings is 1. The zero-order valence-corrected chi connectivity index (χ0v) is 14.7. The summed E-state index contributed by atoms with van der Waals surface area (Å²) >= 11 is 1.65. The van der Waals surface area contributed by atoms with E-state index in [-0.39, 0.29) is 6.03 Å². The van der Waals surface area contributed by atoms with Crippen molar-refractivity contribution in [3.05, 3.63) is 64.2 Å². The number of fused-ring (bicyclic) bond motifs is 1. The molecule has 5 nitrogen and oxygen atoms in total. The van der Waals surface area contributed by atoms with Crippen molar-refractivity contribution in [1.82, 2.24) is 15.3 Å². The molecule has 0 saturated heterocycles. The minimum atomic E-state index is -0.0696. The van der Waals surface area contributed by atoms with E-state index in [2.05, 4.69) is 26.7 Å². The maximum Gasteiger partial charge on any atom is 0.322 e. The van der Waals surface area contributed by atoms with Gasteiger partial charge in [-0.3, -0.25) is 9.88 Å². The lowest BCUT2D eigenvalue weighted by Gasteiger charge is -2.18. The van der Waals surface area contributed by atoms with Crippen LogP contribution in [0.25, 0.3) is 11.3 Å². The maximum atomic E-state index is 12.5. The minimum Gasteiger partial charge on any atom is -0.334 e. The molecule has 2 aromatic heterocycles. The molecule has 6 heteroatoms. The zero-order chi connectivity index (χ0) is 17.2. The Morgan fingerprint density at radius 1 is 1.36 bits per heavy atom. The molecule has 3 heterocycles. The van der Waals surface area contributed by atoms with Gasteiger partial charge in [-0.2, -0.15) is 0 Å². The summed E-state index contributed by atoms with van der Waals surface area (Å²) in [6, 6.07) is 9.97. The van der Waals surface area contributed by atoms with E-state index in [1.54, 1.807) is 23.7 Å². The lowest BCUT2D eigenvalue weighted by molar-refractivity contribution is 0.246. The van der Waals surface area contributed by atoms with Crippen LogP contribution < -0.4 is 10.2 Å². The number of hydrogen-bond donors (Lipinski definition) is 1. The summed E-state index contributed by atoms with van der Waals surface area (Å²) in [6.45, 7) is 3.19. The third kappa shape index (κ3) is 3.25. The topological polar surface area (TPSA) is 58.1 Å². The fraction of sp³-hybridized carbons (Fsp3) is 0.211. The number of pyridine rings is 1. The number of amides is 2. The van der Waals surface area contributed by atoms with E-state index >= 15 is 0 Å². The first-order chi connectivity index (χ1) is 12.2. The van der Waals surface area contributed by atoms with Crippen LogP contribution in [-0.4, -0.2) is 22.5 Å². The van der Waals surface area contributed by atoms with Crippen LogP contribution >= 0.6 is 11.3 Å². The number of aryl methyl sites for hydroxylation is 1. The molecular formula is C19H18N4OS. The normalized spacial score (nSPS) is 12.9. The van der Waals surface area contributed by atoms with Crippen LogP contribution in [0, 0.1) is 6.92 Å². The number of hydrogen-bond acceptors (Lipinski definition) is 4. The van der Waals surface area contributed by atoms with Crippen LogP contribution in [0.5, 0.6) is 0 Å². The molecule has 0 saturated carbocycles. The molecule has 0 aliphatic carbocycles. The number of carbonyl (C=O) groups is 1. The molecule has 0 fully saturated rings. The summed E-state index contributed by atoms with van der Waals surface area (Å²) in [5.41, 5.74) is 5.29. The van der Waals surface area contributed by atoms with Crippen molar-refractivity contribution < 1.29 is 4.79 Å². The summed E-state index contributed by atoms with van der Waals surface area (Å²) < 4.78 is 0. The first-order valence-electron chi connectivity index (χ1n) is 8.20. The Kier molecular flexibility index (Phi) is 4.19. The molecule has 3 aromatic rings. The van der Waals surface area contributed by atoms with Gasteiger partial charge in [0.15, 0.2) is 0 Å². The Morgan fingerprint density at radius 3 is 3.04 bits per heavy atom. The molecule has 0 radical (unpaired) electrons. The van der Waals surface area contributed by atoms with Gasteiger partial charge in [-0.05, 0) is 42.7 Å². The average molecular weight is 350 g/mol. The SMILES string of the molecule is Cc1nc(-c2ccc3c(c2)CCN3C(=O)NCc2cccnc2)cs1. The first-order valence-corrected chi connectivity index (χ1v) is 9.08. The number of benzene rings is 1. The molecule has 126 valence electrons. The second kappa shape index (κ2) is 6.64. The van der Waals surface area contributed by atoms with Crippen molar-refractivity contribution in [2.24, 2.45) is 0 Å². The number of aromatic nitrogens is 2. The monoisotopic (exact) mass is 350 g/mol. The number of urea groups is 1. The van der Waals surface area contributed by atoms with E-state index in [1.807, 2.05) is 36.1 Å². The van der Waals surface area contributed by atoms with Crippen LogP contribution in [-0.2, 0) is 13.0 Å². The molecular weight excluding hydrogens is 332 g/mol. The number of anilines is 1. The Morgan fingerprint density at radius 2 is 2.28 bits per heavy atom. The predicted octanol–water partition coefficient (Wildman–Crippen LogP) is 3.79. The Balaban J connectivity index is 1.49. The third-order valence-electron chi connectivity index (χ3n) is 4.30. The summed E-state index contributed by atoms with van der Waals surface area (Å²) in [5.74, 6) is 0. The molecule has 0 spiro atoms. The molecule has 1 N–H and O–H groups in total. The van der Waals surface area contributed by atoms with Gasteiger partial charge in [0.25, 0.3) is 0 Å². The van der Waals surface area contributed by atoms with Gasteiger partial charge in [-0.25, -0.2) is 9.78 Å². The Labute approximate surface area is 150 Å². The molecule has 1 aliphatic rings. The third-order valence-corrected chi connectivity index (χ3v) is 5.08. The number of nitrogens with zero attached hydrogens (tertiary/aromatic N) is 3. The van der Waals surface area contributed by atoms with E-state index < -0.39 is 0 Å². The predicted molar refractivity (Wildman–Crippen MR) is 99.8 cm³/mol. The van der Waals surface area contributed by atoms with Gasteiger partial charge in [-0.1, -0.05) is 12.1 Å². The zero-order valence-electron chi connectivity index (χ0n) is 13.9. The van der Waals surface area contributed by atoms with Gasteiger partial charge in [0, 0.05) is 42.1 Å². The largest absolute Gasteiger partial charge is 0.334 e. The molecule has 0 bridgehead atoms. The second-order valence-electron chi connectivity index (χ2n) is 6.02. The lowest BCUT2D eigenvalue weighted by Crippen LogP contribution is -2.38. The van der Waals surface area contributed by atoms with Crippen LogP contribution in [0.2, 0.25) is 0 Å². The van der Waals surface area contributed by atoms with E-state index in [1.165, 1.54) is 5.56 Å². The van der Waals surface area contributed by atoms with Gasteiger partial charge < -0.3 is 5.32 Å². The van der Waals surface area contributed by atoms with Gasteiger partial charge in [0.05, 0.1) is 10.7 Å². The highest BCUT2D eigenvalue weighted by Crippen LogP contribution is 2.32. The average Bonchev–Trinajstić information content (AvgIpc) is 3.26. The fourth-order valence-corrected chi connectivity index (χ4v) is 3.67. The summed E-state index contributed by atoms with van der Waals surface area (Å²) in [5, 5.41) is 6.10. The molecule has 1 aromatic carbocycles. The molecule has 25 heavy (non-hydrogen) atoms. The van der Waals surface area contributed by atoms with E-state index in [0.29, 0.717) is 13.1 Å². The second-order valence-corrected chi connectivity index (χ2v) is 7.08. The number of carbonyl (C=O) groups excluding carboxylic acids is 1. The van der Waals surface area contributed by atoms with E-state index in [0.717, 1.165) is 33.9 Å². The fourth-order valence-electron chi connectivity index (χ4n) is 3.04. The van der Waals surface area contributed by atoms with Crippen molar-refractivity contribution in [1.29, 1.82) is 0 Å². The molecule has 1 aliphatic heterocycles. The standard InChI is InChI=1S/C19H18N4OS/c1-13-22-17(12-25-13)15-4-5-18-16(9-15)6-8-23(18)19(24)21-11-14-3-2-7-20-10-14/h2-5,7,9-10,12H,6,8,11H2,1H3,(H,21,24). The molecule has 0 atom stereocenters. The number of nitrogens with one attached hydrogen (secondary N) is 1. The van der Waals surface area contributed by atoms with Gasteiger partial charge in [-0.15, -0.1) is 11.3 Å². The Hall–Kier alpha value is -2.73.